The summed E-state index contributed by atoms with van der Waals surface area (Å²) in [4.78, 5) is 24.5. The van der Waals surface area contributed by atoms with E-state index in [0.717, 1.165) is 5.56 Å². The molecule has 130 valence electrons. The number of hydrogen-bond donors (Lipinski definition) is 2. The molecular weight excluding hydrogens is 331 g/mol. The molecule has 3 aromatic rings. The van der Waals surface area contributed by atoms with E-state index >= 15 is 0 Å². The van der Waals surface area contributed by atoms with E-state index in [4.69, 9.17) is 0 Å². The van der Waals surface area contributed by atoms with Crippen molar-refractivity contribution in [2.24, 2.45) is 0 Å². The topological polar surface area (TPSA) is 58.2 Å². The third kappa shape index (κ3) is 4.33. The Balaban J connectivity index is 1.66. The molecule has 4 nitrogen and oxygen atoms in total. The second-order valence-electron chi connectivity index (χ2n) is 5.86. The zero-order valence-corrected chi connectivity index (χ0v) is 14.1. The Labute approximate surface area is 150 Å². The van der Waals surface area contributed by atoms with E-state index < -0.39 is 0 Å². The molecule has 5 heteroatoms. The molecule has 0 atom stereocenters. The smallest absolute Gasteiger partial charge is 0.255 e. The molecule has 0 heterocycles. The molecule has 0 aromatic heterocycles. The fraction of sp³-hybridized carbons (Fsp3) is 0.0476. The molecule has 0 saturated carbocycles. The number of hydrogen-bond acceptors (Lipinski definition) is 2. The summed E-state index contributed by atoms with van der Waals surface area (Å²) in [5.41, 5.74) is 3.12. The Morgan fingerprint density at radius 1 is 0.731 bits per heavy atom. The molecule has 0 aliphatic carbocycles. The van der Waals surface area contributed by atoms with Gasteiger partial charge in [0.05, 0.1) is 0 Å². The van der Waals surface area contributed by atoms with Gasteiger partial charge in [0.2, 0.25) is 0 Å². The van der Waals surface area contributed by atoms with Crippen molar-refractivity contribution < 1.29 is 14.0 Å². The van der Waals surface area contributed by atoms with Crippen LogP contribution in [0.1, 0.15) is 26.3 Å². The fourth-order valence-electron chi connectivity index (χ4n) is 2.44. The molecule has 0 aliphatic heterocycles. The average Bonchev–Trinajstić information content (AvgIpc) is 2.64. The predicted molar refractivity (Wildman–Crippen MR) is 99.9 cm³/mol. The highest BCUT2D eigenvalue weighted by Gasteiger charge is 2.10. The van der Waals surface area contributed by atoms with Gasteiger partial charge in [0.25, 0.3) is 11.8 Å². The minimum atomic E-state index is -0.369. The number of carbonyl (C=O) groups excluding carboxylic acids is 2. The zero-order valence-electron chi connectivity index (χ0n) is 14.1. The minimum absolute atomic E-state index is 0.249. The van der Waals surface area contributed by atoms with Crippen molar-refractivity contribution in [3.8, 4) is 0 Å². The number of anilines is 2. The van der Waals surface area contributed by atoms with Crippen molar-refractivity contribution >= 4 is 23.2 Å². The van der Waals surface area contributed by atoms with Gasteiger partial charge in [0, 0.05) is 22.5 Å². The molecule has 0 bridgehead atoms. The van der Waals surface area contributed by atoms with Gasteiger partial charge < -0.3 is 10.6 Å². The van der Waals surface area contributed by atoms with Crippen LogP contribution < -0.4 is 10.6 Å². The fourth-order valence-corrected chi connectivity index (χ4v) is 2.44. The molecule has 0 unspecified atom stereocenters. The molecular formula is C21H17FN2O2. The van der Waals surface area contributed by atoms with Crippen molar-refractivity contribution in [1.82, 2.24) is 0 Å². The molecule has 3 rings (SSSR count). The summed E-state index contributed by atoms with van der Waals surface area (Å²) in [5.74, 6) is -0.949. The maximum atomic E-state index is 12.9. The van der Waals surface area contributed by atoms with Crippen LogP contribution in [0.25, 0.3) is 0 Å². The number of amides is 2. The van der Waals surface area contributed by atoms with Crippen molar-refractivity contribution in [2.45, 2.75) is 6.92 Å². The lowest BCUT2D eigenvalue weighted by atomic mass is 10.1. The van der Waals surface area contributed by atoms with Gasteiger partial charge in [-0.3, -0.25) is 9.59 Å². The Morgan fingerprint density at radius 2 is 1.27 bits per heavy atom. The van der Waals surface area contributed by atoms with Crippen molar-refractivity contribution in [3.05, 3.63) is 95.3 Å². The summed E-state index contributed by atoms with van der Waals surface area (Å²) in [7, 11) is 0. The van der Waals surface area contributed by atoms with Crippen LogP contribution in [0, 0.1) is 12.7 Å². The number of halogens is 1. The van der Waals surface area contributed by atoms with Gasteiger partial charge >= 0.3 is 0 Å². The lowest BCUT2D eigenvalue weighted by molar-refractivity contribution is 0.101. The molecule has 3 aromatic carbocycles. The monoisotopic (exact) mass is 348 g/mol. The summed E-state index contributed by atoms with van der Waals surface area (Å²) in [6, 6.07) is 19.3. The van der Waals surface area contributed by atoms with Gasteiger partial charge in [-0.1, -0.05) is 12.1 Å². The average molecular weight is 348 g/mol. The largest absolute Gasteiger partial charge is 0.322 e. The lowest BCUT2D eigenvalue weighted by Gasteiger charge is -2.08. The van der Waals surface area contributed by atoms with Crippen LogP contribution in [0.4, 0.5) is 15.8 Å². The van der Waals surface area contributed by atoms with Crippen LogP contribution >= 0.6 is 0 Å². The quantitative estimate of drug-likeness (QED) is 0.722. The number of carbonyl (C=O) groups is 2. The van der Waals surface area contributed by atoms with Gasteiger partial charge in [-0.05, 0) is 73.2 Å². The van der Waals surface area contributed by atoms with E-state index in [2.05, 4.69) is 10.6 Å². The van der Waals surface area contributed by atoms with E-state index in [1.165, 1.54) is 24.3 Å². The van der Waals surface area contributed by atoms with Crippen LogP contribution in [-0.2, 0) is 0 Å². The molecule has 0 fully saturated rings. The maximum absolute atomic E-state index is 12.9. The first kappa shape index (κ1) is 17.4. The van der Waals surface area contributed by atoms with Crippen LogP contribution in [0.2, 0.25) is 0 Å². The van der Waals surface area contributed by atoms with Gasteiger partial charge in [-0.15, -0.1) is 0 Å². The minimum Gasteiger partial charge on any atom is -0.322 e. The summed E-state index contributed by atoms with van der Waals surface area (Å²) >= 11 is 0. The zero-order chi connectivity index (χ0) is 18.5. The molecule has 0 saturated heterocycles. The third-order valence-electron chi connectivity index (χ3n) is 3.79. The van der Waals surface area contributed by atoms with Crippen LogP contribution in [0.5, 0.6) is 0 Å². The van der Waals surface area contributed by atoms with Gasteiger partial charge in [-0.25, -0.2) is 4.39 Å². The van der Waals surface area contributed by atoms with E-state index in [1.807, 2.05) is 31.2 Å². The van der Waals surface area contributed by atoms with E-state index in [-0.39, 0.29) is 17.6 Å². The summed E-state index contributed by atoms with van der Waals surface area (Å²) in [6.07, 6.45) is 0. The standard InChI is InChI=1S/C21H17FN2O2/c1-14-3-2-4-19(13-14)24-21(26)16-7-5-15(6-8-16)20(25)23-18-11-9-17(22)10-12-18/h2-13H,1H3,(H,23,25)(H,24,26). The summed E-state index contributed by atoms with van der Waals surface area (Å²) in [6.45, 7) is 1.95. The maximum Gasteiger partial charge on any atom is 0.255 e. The molecule has 26 heavy (non-hydrogen) atoms. The van der Waals surface area contributed by atoms with Crippen LogP contribution in [0.15, 0.2) is 72.8 Å². The first-order valence-corrected chi connectivity index (χ1v) is 8.06. The predicted octanol–water partition coefficient (Wildman–Crippen LogP) is 4.64. The second-order valence-corrected chi connectivity index (χ2v) is 5.86. The Morgan fingerprint density at radius 3 is 1.81 bits per heavy atom. The van der Waals surface area contributed by atoms with Gasteiger partial charge in [0.15, 0.2) is 0 Å². The SMILES string of the molecule is Cc1cccc(NC(=O)c2ccc(C(=O)Nc3ccc(F)cc3)cc2)c1. The van der Waals surface area contributed by atoms with E-state index in [1.54, 1.807) is 24.3 Å². The Hall–Kier alpha value is -3.47. The highest BCUT2D eigenvalue weighted by molar-refractivity contribution is 6.07. The van der Waals surface area contributed by atoms with E-state index in [9.17, 15) is 14.0 Å². The lowest BCUT2D eigenvalue weighted by Crippen LogP contribution is -2.14. The number of benzene rings is 3. The first-order valence-electron chi connectivity index (χ1n) is 8.06. The van der Waals surface area contributed by atoms with Crippen molar-refractivity contribution in [3.63, 3.8) is 0 Å². The van der Waals surface area contributed by atoms with Gasteiger partial charge in [0.1, 0.15) is 5.82 Å². The van der Waals surface area contributed by atoms with Crippen LogP contribution in [-0.4, -0.2) is 11.8 Å². The second kappa shape index (κ2) is 7.61. The van der Waals surface area contributed by atoms with Crippen LogP contribution in [0.3, 0.4) is 0 Å². The highest BCUT2D eigenvalue weighted by atomic mass is 19.1. The Kier molecular flexibility index (Phi) is 5.08. The Bertz CT molecular complexity index is 935. The summed E-state index contributed by atoms with van der Waals surface area (Å²) in [5, 5.41) is 5.49. The summed E-state index contributed by atoms with van der Waals surface area (Å²) < 4.78 is 12.9. The van der Waals surface area contributed by atoms with Crippen molar-refractivity contribution in [2.75, 3.05) is 10.6 Å². The molecule has 2 amide bonds. The first-order chi connectivity index (χ1) is 12.5. The number of aryl methyl sites for hydroxylation is 1. The normalized spacial score (nSPS) is 10.2. The van der Waals surface area contributed by atoms with E-state index in [0.29, 0.717) is 22.5 Å². The molecule has 0 spiro atoms. The highest BCUT2D eigenvalue weighted by Crippen LogP contribution is 2.14. The molecule has 2 N–H and O–H groups in total. The number of nitrogens with one attached hydrogen (secondary N) is 2. The van der Waals surface area contributed by atoms with Crippen molar-refractivity contribution in [1.29, 1.82) is 0 Å². The third-order valence-corrected chi connectivity index (χ3v) is 3.79. The number of rotatable bonds is 4. The van der Waals surface area contributed by atoms with Gasteiger partial charge in [-0.2, -0.15) is 0 Å². The molecule has 0 aliphatic rings. The molecule has 0 radical (unpaired) electrons.